The Morgan fingerprint density at radius 1 is 1.09 bits per heavy atom. The van der Waals surface area contributed by atoms with Gasteiger partial charge in [-0.3, -0.25) is 14.2 Å². The normalized spacial score (nSPS) is 10.6. The molecule has 0 aliphatic heterocycles. The molecule has 1 aromatic heterocycles. The molecule has 2 aromatic carbocycles. The van der Waals surface area contributed by atoms with Gasteiger partial charge in [-0.05, 0) is 24.3 Å². The van der Waals surface area contributed by atoms with Crippen LogP contribution >= 0.6 is 0 Å². The third-order valence-electron chi connectivity index (χ3n) is 3.32. The minimum Gasteiger partial charge on any atom is -0.359 e. The number of benzene rings is 2. The third kappa shape index (κ3) is 2.48. The van der Waals surface area contributed by atoms with Crippen LogP contribution in [0.4, 0.5) is 0 Å². The van der Waals surface area contributed by atoms with Crippen molar-refractivity contribution >= 4 is 16.8 Å². The minimum absolute atomic E-state index is 0.202. The van der Waals surface area contributed by atoms with Gasteiger partial charge in [0.05, 0.1) is 16.6 Å². The van der Waals surface area contributed by atoms with Gasteiger partial charge >= 0.3 is 0 Å². The van der Waals surface area contributed by atoms with Gasteiger partial charge in [-0.15, -0.1) is 0 Å². The maximum absolute atomic E-state index is 12.8. The molecular weight excluding hydrogens is 278 g/mol. The van der Waals surface area contributed by atoms with E-state index in [-0.39, 0.29) is 11.5 Å². The number of para-hydroxylation sites is 2. The lowest BCUT2D eigenvalue weighted by Crippen LogP contribution is -2.27. The minimum atomic E-state index is -0.313. The Balaban J connectivity index is 2.31. The SMILES string of the molecule is CNC(=O)[CH]c1nc2ccccc2c(=O)n1-c1ccccc1. The number of nitrogens with zero attached hydrogens (tertiary/aromatic N) is 2. The van der Waals surface area contributed by atoms with Crippen LogP contribution in [0.5, 0.6) is 0 Å². The zero-order chi connectivity index (χ0) is 15.5. The van der Waals surface area contributed by atoms with Crippen LogP contribution in [0.1, 0.15) is 5.82 Å². The molecule has 0 aliphatic rings. The molecule has 1 amide bonds. The molecule has 5 heteroatoms. The summed E-state index contributed by atoms with van der Waals surface area (Å²) in [5.41, 5.74) is 1.03. The van der Waals surface area contributed by atoms with Crippen molar-refractivity contribution in [2.75, 3.05) is 7.05 Å². The zero-order valence-electron chi connectivity index (χ0n) is 12.0. The van der Waals surface area contributed by atoms with Crippen LogP contribution < -0.4 is 10.9 Å². The number of hydrogen-bond acceptors (Lipinski definition) is 3. The van der Waals surface area contributed by atoms with Gasteiger partial charge < -0.3 is 5.32 Å². The second kappa shape index (κ2) is 5.81. The van der Waals surface area contributed by atoms with Crippen molar-refractivity contribution in [2.24, 2.45) is 0 Å². The van der Waals surface area contributed by atoms with Crippen molar-refractivity contribution in [3.8, 4) is 5.69 Å². The first kappa shape index (κ1) is 14.0. The summed E-state index contributed by atoms with van der Waals surface area (Å²) in [5.74, 6) is -0.0129. The van der Waals surface area contributed by atoms with E-state index in [1.54, 1.807) is 30.3 Å². The van der Waals surface area contributed by atoms with Gasteiger partial charge in [-0.1, -0.05) is 30.3 Å². The second-order valence-corrected chi connectivity index (χ2v) is 4.72. The number of fused-ring (bicyclic) bond motifs is 1. The number of rotatable bonds is 3. The molecule has 5 nitrogen and oxygen atoms in total. The molecule has 0 unspecified atom stereocenters. The average molecular weight is 292 g/mol. The largest absolute Gasteiger partial charge is 0.359 e. The van der Waals surface area contributed by atoms with Gasteiger partial charge in [0.2, 0.25) is 5.91 Å². The van der Waals surface area contributed by atoms with E-state index in [1.165, 1.54) is 18.0 Å². The Bertz CT molecular complexity index is 885. The molecule has 109 valence electrons. The number of amides is 1. The zero-order valence-corrected chi connectivity index (χ0v) is 12.0. The van der Waals surface area contributed by atoms with Crippen molar-refractivity contribution in [3.63, 3.8) is 0 Å². The Morgan fingerprint density at radius 3 is 2.50 bits per heavy atom. The predicted octanol–water partition coefficient (Wildman–Crippen LogP) is 1.68. The molecule has 0 atom stereocenters. The van der Waals surface area contributed by atoms with E-state index in [0.717, 1.165) is 0 Å². The summed E-state index contributed by atoms with van der Waals surface area (Å²) in [7, 11) is 1.53. The monoisotopic (exact) mass is 292 g/mol. The Labute approximate surface area is 127 Å². The maximum atomic E-state index is 12.8. The number of carbonyl (C=O) groups is 1. The molecule has 3 rings (SSSR count). The van der Waals surface area contributed by atoms with E-state index >= 15 is 0 Å². The van der Waals surface area contributed by atoms with E-state index in [9.17, 15) is 9.59 Å². The standard InChI is InChI=1S/C17H14N3O2/c1-18-16(21)11-15-19-14-10-6-5-9-13(14)17(22)20(15)12-7-3-2-4-8-12/h2-11H,1H3,(H,18,21). The topological polar surface area (TPSA) is 64.0 Å². The second-order valence-electron chi connectivity index (χ2n) is 4.72. The smallest absolute Gasteiger partial charge is 0.265 e. The van der Waals surface area contributed by atoms with Gasteiger partial charge in [0.25, 0.3) is 5.56 Å². The van der Waals surface area contributed by atoms with Crippen LogP contribution in [-0.4, -0.2) is 22.5 Å². The van der Waals surface area contributed by atoms with E-state index in [0.29, 0.717) is 22.4 Å². The van der Waals surface area contributed by atoms with Gasteiger partial charge in [0.1, 0.15) is 12.2 Å². The highest BCUT2D eigenvalue weighted by Crippen LogP contribution is 2.13. The molecule has 0 bridgehead atoms. The van der Waals surface area contributed by atoms with Crippen molar-refractivity contribution in [2.45, 2.75) is 0 Å². The fourth-order valence-electron chi connectivity index (χ4n) is 2.26. The molecular formula is C17H14N3O2. The number of carbonyl (C=O) groups excluding carboxylic acids is 1. The number of nitrogens with one attached hydrogen (secondary N) is 1. The third-order valence-corrected chi connectivity index (χ3v) is 3.32. The van der Waals surface area contributed by atoms with Crippen LogP contribution in [0, 0.1) is 6.42 Å². The number of aromatic nitrogens is 2. The van der Waals surface area contributed by atoms with Crippen LogP contribution in [-0.2, 0) is 4.79 Å². The maximum Gasteiger partial charge on any atom is 0.265 e. The van der Waals surface area contributed by atoms with E-state index in [1.807, 2.05) is 24.3 Å². The summed E-state index contributed by atoms with van der Waals surface area (Å²) >= 11 is 0. The Hall–Kier alpha value is -2.95. The first-order chi connectivity index (χ1) is 10.7. The van der Waals surface area contributed by atoms with Crippen molar-refractivity contribution in [3.05, 3.63) is 77.2 Å². The highest BCUT2D eigenvalue weighted by atomic mass is 16.1. The van der Waals surface area contributed by atoms with Gasteiger partial charge in [0, 0.05) is 7.05 Å². The summed E-state index contributed by atoms with van der Waals surface area (Å²) in [4.78, 5) is 28.9. The Kier molecular flexibility index (Phi) is 3.70. The fourth-order valence-corrected chi connectivity index (χ4v) is 2.26. The first-order valence-corrected chi connectivity index (χ1v) is 6.84. The van der Waals surface area contributed by atoms with Crippen molar-refractivity contribution in [1.29, 1.82) is 0 Å². The van der Waals surface area contributed by atoms with E-state index < -0.39 is 0 Å². The molecule has 0 saturated heterocycles. The Morgan fingerprint density at radius 2 is 1.77 bits per heavy atom. The molecule has 3 aromatic rings. The summed E-state index contributed by atoms with van der Waals surface area (Å²) < 4.78 is 1.44. The summed E-state index contributed by atoms with van der Waals surface area (Å²) in [6.45, 7) is 0. The molecule has 1 N–H and O–H groups in total. The van der Waals surface area contributed by atoms with E-state index in [4.69, 9.17) is 0 Å². The molecule has 0 saturated carbocycles. The molecule has 0 spiro atoms. The lowest BCUT2D eigenvalue weighted by atomic mass is 10.2. The molecule has 0 aliphatic carbocycles. The van der Waals surface area contributed by atoms with Gasteiger partial charge in [-0.2, -0.15) is 0 Å². The van der Waals surface area contributed by atoms with Crippen LogP contribution in [0.3, 0.4) is 0 Å². The van der Waals surface area contributed by atoms with Crippen molar-refractivity contribution < 1.29 is 4.79 Å². The summed E-state index contributed by atoms with van der Waals surface area (Å²) in [5, 5.41) is 3.02. The molecule has 1 radical (unpaired) electrons. The average Bonchev–Trinajstić information content (AvgIpc) is 2.56. The summed E-state index contributed by atoms with van der Waals surface area (Å²) in [6.07, 6.45) is 1.32. The van der Waals surface area contributed by atoms with Gasteiger partial charge in [0.15, 0.2) is 0 Å². The van der Waals surface area contributed by atoms with Crippen LogP contribution in [0.15, 0.2) is 59.4 Å². The van der Waals surface area contributed by atoms with Crippen molar-refractivity contribution in [1.82, 2.24) is 14.9 Å². The highest BCUT2D eigenvalue weighted by molar-refractivity contribution is 5.88. The molecule has 1 heterocycles. The van der Waals surface area contributed by atoms with E-state index in [2.05, 4.69) is 10.3 Å². The quantitative estimate of drug-likeness (QED) is 0.799. The van der Waals surface area contributed by atoms with Crippen LogP contribution in [0.2, 0.25) is 0 Å². The number of hydrogen-bond donors (Lipinski definition) is 1. The van der Waals surface area contributed by atoms with Gasteiger partial charge in [-0.25, -0.2) is 4.98 Å². The predicted molar refractivity (Wildman–Crippen MR) is 84.8 cm³/mol. The number of likely N-dealkylation sites (N-methyl/N-ethyl adjacent to an activating group) is 1. The van der Waals surface area contributed by atoms with Crippen LogP contribution in [0.25, 0.3) is 16.6 Å². The molecule has 22 heavy (non-hydrogen) atoms. The lowest BCUT2D eigenvalue weighted by molar-refractivity contribution is -0.117. The molecule has 0 fully saturated rings. The first-order valence-electron chi connectivity index (χ1n) is 6.84. The summed E-state index contributed by atoms with van der Waals surface area (Å²) in [6, 6.07) is 16.2. The lowest BCUT2D eigenvalue weighted by Gasteiger charge is -2.12. The highest BCUT2D eigenvalue weighted by Gasteiger charge is 2.15. The fraction of sp³-hybridized carbons (Fsp3) is 0.0588.